The van der Waals surface area contributed by atoms with Gasteiger partial charge in [-0.15, -0.1) is 0 Å². The Labute approximate surface area is 306 Å². The van der Waals surface area contributed by atoms with Crippen LogP contribution in [0.15, 0.2) is 85.0 Å². The van der Waals surface area contributed by atoms with E-state index in [0.717, 1.165) is 22.8 Å². The molecule has 0 saturated carbocycles. The molecule has 0 fully saturated rings. The Morgan fingerprint density at radius 1 is 0.549 bits per heavy atom. The van der Waals surface area contributed by atoms with Crippen LogP contribution in [0.1, 0.15) is 33.9 Å². The second-order valence-corrected chi connectivity index (χ2v) is 32.9. The van der Waals surface area contributed by atoms with E-state index in [0.29, 0.717) is 11.1 Å². The molecule has 0 radical (unpaired) electrons. The third kappa shape index (κ3) is 6.45. The molecule has 2 aliphatic rings. The Bertz CT molecular complexity index is 1960. The van der Waals surface area contributed by atoms with Gasteiger partial charge in [0.2, 0.25) is 0 Å². The van der Waals surface area contributed by atoms with Crippen LogP contribution < -0.4 is 18.1 Å². The molecule has 0 unspecified atom stereocenters. The minimum absolute atomic E-state index is 0.132. The van der Waals surface area contributed by atoms with Crippen LogP contribution in [-0.4, -0.2) is 25.3 Å². The van der Waals surface area contributed by atoms with Gasteiger partial charge in [-0.25, -0.2) is 0 Å². The van der Waals surface area contributed by atoms with Crippen molar-refractivity contribution < 1.29 is 34.2 Å². The summed E-state index contributed by atoms with van der Waals surface area (Å²) in [4.78, 5) is 0. The number of aryl methyl sites for hydroxylation is 2. The molecule has 51 heavy (non-hydrogen) atoms. The van der Waals surface area contributed by atoms with Gasteiger partial charge in [0.05, 0.1) is 0 Å². The summed E-state index contributed by atoms with van der Waals surface area (Å²) in [5, 5.41) is 2.59. The summed E-state index contributed by atoms with van der Waals surface area (Å²) in [5.74, 6) is -2.88. The number of benzene rings is 2. The fourth-order valence-corrected chi connectivity index (χ4v) is 21.2. The van der Waals surface area contributed by atoms with E-state index in [1.807, 2.05) is 62.5 Å². The first kappa shape index (κ1) is 37.6. The zero-order valence-electron chi connectivity index (χ0n) is 31.6. The summed E-state index contributed by atoms with van der Waals surface area (Å²) >= 11 is -4.92. The predicted molar refractivity (Wildman–Crippen MR) is 208 cm³/mol. The van der Waals surface area contributed by atoms with Gasteiger partial charge < -0.3 is 0 Å². The Morgan fingerprint density at radius 2 is 0.882 bits per heavy atom. The Kier molecular flexibility index (Phi) is 10.1. The summed E-state index contributed by atoms with van der Waals surface area (Å²) < 4.78 is 71.6. The van der Waals surface area contributed by atoms with Crippen molar-refractivity contribution in [3.8, 4) is 0 Å². The van der Waals surface area contributed by atoms with Crippen LogP contribution in [0.5, 0.6) is 0 Å². The summed E-state index contributed by atoms with van der Waals surface area (Å²) in [6.07, 6.45) is 14.9. The molecule has 4 aromatic rings. The van der Waals surface area contributed by atoms with Gasteiger partial charge in [0, 0.05) is 0 Å². The third-order valence-corrected chi connectivity index (χ3v) is 23.9. The molecule has 2 heterocycles. The van der Waals surface area contributed by atoms with Crippen molar-refractivity contribution in [2.45, 2.75) is 88.5 Å². The van der Waals surface area contributed by atoms with Crippen molar-refractivity contribution in [1.29, 1.82) is 0 Å². The molecule has 0 bridgehead atoms. The second-order valence-electron chi connectivity index (χ2n) is 16.5. The van der Waals surface area contributed by atoms with E-state index in [4.69, 9.17) is 0 Å². The number of halogens is 4. The summed E-state index contributed by atoms with van der Waals surface area (Å²) in [6, 6.07) is 10.0. The number of hydrogen-bond donors (Lipinski definition) is 0. The van der Waals surface area contributed by atoms with Crippen molar-refractivity contribution in [2.24, 2.45) is 0 Å². The van der Waals surface area contributed by atoms with Crippen molar-refractivity contribution >= 4 is 34.3 Å². The molecule has 0 amide bonds. The molecule has 9 heteroatoms. The average Bonchev–Trinajstić information content (AvgIpc) is 3.86. The van der Waals surface area contributed by atoms with Crippen LogP contribution in [0.2, 0.25) is 47.7 Å². The van der Waals surface area contributed by atoms with Gasteiger partial charge in [-0.05, 0) is 0 Å². The van der Waals surface area contributed by atoms with Gasteiger partial charge >= 0.3 is 308 Å². The van der Waals surface area contributed by atoms with E-state index in [2.05, 4.69) is 74.4 Å². The van der Waals surface area contributed by atoms with Crippen LogP contribution in [-0.2, 0) is 29.7 Å². The SMILES string of the molecule is Cc1cc([Si](C)(C)C)c(C)n1Cc1ccc(F)[c]([Ti]([c]2c(F)ccc(Cn3c(C)cc([Si](C)(C)C)c3C)c2F)([CH]2C=CC=C2)[CH]2C=CC=C2)c1F. The molecular formula is C42H50F4N2Si2Ti. The fourth-order valence-electron chi connectivity index (χ4n) is 8.63. The van der Waals surface area contributed by atoms with Gasteiger partial charge in [-0.3, -0.25) is 0 Å². The van der Waals surface area contributed by atoms with Gasteiger partial charge in [0.1, 0.15) is 0 Å². The summed E-state index contributed by atoms with van der Waals surface area (Å²) in [7, 11) is -3.38. The van der Waals surface area contributed by atoms with Gasteiger partial charge in [0.15, 0.2) is 0 Å². The molecular weight excluding hydrogens is 713 g/mol. The number of aromatic nitrogens is 2. The summed E-state index contributed by atoms with van der Waals surface area (Å²) in [6.45, 7) is 22.2. The second kappa shape index (κ2) is 13.7. The first-order valence-corrected chi connectivity index (χ1v) is 28.2. The predicted octanol–water partition coefficient (Wildman–Crippen LogP) is 9.20. The monoisotopic (exact) mass is 762 g/mol. The van der Waals surface area contributed by atoms with Crippen molar-refractivity contribution in [3.63, 3.8) is 0 Å². The van der Waals surface area contributed by atoms with Crippen LogP contribution in [0.4, 0.5) is 17.6 Å². The first-order chi connectivity index (χ1) is 23.9. The topological polar surface area (TPSA) is 9.86 Å². The molecule has 2 aliphatic carbocycles. The average molecular weight is 763 g/mol. The molecule has 2 aromatic heterocycles. The fraction of sp³-hybridized carbons (Fsp3) is 0.333. The molecule has 0 aliphatic heterocycles. The Hall–Kier alpha value is -3.17. The number of nitrogens with zero attached hydrogens (tertiary/aromatic N) is 2. The zero-order chi connectivity index (χ0) is 37.2. The molecule has 2 aromatic carbocycles. The maximum absolute atomic E-state index is 17.6. The molecule has 2 nitrogen and oxygen atoms in total. The van der Waals surface area contributed by atoms with Gasteiger partial charge in [-0.1, -0.05) is 0 Å². The number of allylic oxidation sites excluding steroid dienone is 8. The van der Waals surface area contributed by atoms with E-state index in [9.17, 15) is 0 Å². The quantitative estimate of drug-likeness (QED) is 0.113. The normalized spacial score (nSPS) is 15.3. The zero-order valence-corrected chi connectivity index (χ0v) is 35.1. The minimum atomic E-state index is -4.92. The van der Waals surface area contributed by atoms with E-state index < -0.39 is 64.5 Å². The van der Waals surface area contributed by atoms with E-state index in [-0.39, 0.29) is 20.8 Å². The van der Waals surface area contributed by atoms with E-state index in [1.165, 1.54) is 34.6 Å². The van der Waals surface area contributed by atoms with Gasteiger partial charge in [-0.2, -0.15) is 0 Å². The van der Waals surface area contributed by atoms with Crippen LogP contribution >= 0.6 is 0 Å². The Balaban J connectivity index is 1.61. The van der Waals surface area contributed by atoms with Crippen molar-refractivity contribution in [1.82, 2.24) is 9.13 Å². The first-order valence-electron chi connectivity index (χ1n) is 17.9. The molecule has 0 saturated heterocycles. The maximum atomic E-state index is 17.6. The number of rotatable bonds is 10. The standard InChI is InChI=1S/2C16H20F2NSi.2C5H5.Ti/c2*1-11-8-16(20(3,4)5)12(2)19(11)10-13-6-7-14(17)9-15(13)18;2*1-2-4-5-3-1;/h2*6-8H,10H2,1-5H3;2*1-5H;. The molecule has 0 N–H and O–H groups in total. The summed E-state index contributed by atoms with van der Waals surface area (Å²) in [5.41, 5.74) is 4.79. The van der Waals surface area contributed by atoms with E-state index in [1.54, 1.807) is 0 Å². The van der Waals surface area contributed by atoms with E-state index >= 15 is 17.6 Å². The van der Waals surface area contributed by atoms with Crippen molar-refractivity contribution in [2.75, 3.05) is 0 Å². The van der Waals surface area contributed by atoms with Gasteiger partial charge in [0.25, 0.3) is 0 Å². The Morgan fingerprint density at radius 3 is 1.18 bits per heavy atom. The molecule has 0 atom stereocenters. The van der Waals surface area contributed by atoms with Crippen molar-refractivity contribution in [3.05, 3.63) is 142 Å². The van der Waals surface area contributed by atoms with Crippen LogP contribution in [0, 0.1) is 51.0 Å². The third-order valence-electron chi connectivity index (χ3n) is 11.1. The molecule has 0 spiro atoms. The van der Waals surface area contributed by atoms with Crippen LogP contribution in [0.3, 0.4) is 0 Å². The van der Waals surface area contributed by atoms with Crippen LogP contribution in [0.25, 0.3) is 0 Å². The molecule has 268 valence electrons. The molecule has 6 rings (SSSR count). The number of hydrogen-bond acceptors (Lipinski definition) is 0.